The monoisotopic (exact) mass is 373 g/mol. The van der Waals surface area contributed by atoms with Gasteiger partial charge in [-0.05, 0) is 49.4 Å². The normalized spacial score (nSPS) is 16.0. The van der Waals surface area contributed by atoms with Crippen molar-refractivity contribution in [3.05, 3.63) is 59.4 Å². The molecule has 2 unspecified atom stereocenters. The molecule has 5 heteroatoms. The minimum absolute atomic E-state index is 0.0650. The molecule has 3 rings (SSSR count). The molecule has 0 aromatic heterocycles. The van der Waals surface area contributed by atoms with Crippen LogP contribution in [-0.4, -0.2) is 26.9 Å². The van der Waals surface area contributed by atoms with Gasteiger partial charge in [-0.25, -0.2) is 4.39 Å². The quantitative estimate of drug-likeness (QED) is 0.666. The molecule has 4 nitrogen and oxygen atoms in total. The second-order valence-electron chi connectivity index (χ2n) is 7.09. The average molecular weight is 373 g/mol. The zero-order valence-electron chi connectivity index (χ0n) is 16.2. The summed E-state index contributed by atoms with van der Waals surface area (Å²) in [6, 6.07) is 12.6. The lowest BCUT2D eigenvalue weighted by Gasteiger charge is -2.25. The van der Waals surface area contributed by atoms with Crippen LogP contribution in [-0.2, 0) is 11.3 Å². The third kappa shape index (κ3) is 5.21. The molecular formula is C22H28FNO3. The molecule has 1 aliphatic carbocycles. The van der Waals surface area contributed by atoms with Crippen molar-refractivity contribution in [2.24, 2.45) is 5.92 Å². The molecule has 0 saturated heterocycles. The number of rotatable bonds is 10. The number of nitrogens with one attached hydrogen (secondary N) is 1. The van der Waals surface area contributed by atoms with E-state index in [-0.39, 0.29) is 18.0 Å². The van der Waals surface area contributed by atoms with Gasteiger partial charge in [0.1, 0.15) is 5.82 Å². The van der Waals surface area contributed by atoms with Gasteiger partial charge in [-0.3, -0.25) is 0 Å². The van der Waals surface area contributed by atoms with Crippen LogP contribution in [0.1, 0.15) is 37.0 Å². The Labute approximate surface area is 160 Å². The summed E-state index contributed by atoms with van der Waals surface area (Å²) >= 11 is 0. The highest BCUT2D eigenvalue weighted by atomic mass is 19.1. The average Bonchev–Trinajstić information content (AvgIpc) is 3.51. The van der Waals surface area contributed by atoms with Crippen LogP contribution in [0.5, 0.6) is 11.5 Å². The zero-order chi connectivity index (χ0) is 19.2. The van der Waals surface area contributed by atoms with E-state index in [9.17, 15) is 4.39 Å². The SMILES string of the molecule is COc1ccc(CNC(C)C(OC)c2ccccc2F)cc1OCC1CC1. The first-order valence-corrected chi connectivity index (χ1v) is 9.42. The number of hydrogen-bond acceptors (Lipinski definition) is 4. The maximum Gasteiger partial charge on any atom is 0.161 e. The first-order chi connectivity index (χ1) is 13.1. The highest BCUT2D eigenvalue weighted by Crippen LogP contribution is 2.33. The van der Waals surface area contributed by atoms with Crippen molar-refractivity contribution in [1.82, 2.24) is 5.32 Å². The molecule has 146 valence electrons. The van der Waals surface area contributed by atoms with E-state index >= 15 is 0 Å². The van der Waals surface area contributed by atoms with E-state index < -0.39 is 0 Å². The minimum Gasteiger partial charge on any atom is -0.493 e. The van der Waals surface area contributed by atoms with Crippen molar-refractivity contribution in [2.75, 3.05) is 20.8 Å². The number of methoxy groups -OCH3 is 2. The molecule has 1 N–H and O–H groups in total. The maximum absolute atomic E-state index is 14.1. The molecule has 2 aromatic rings. The zero-order valence-corrected chi connectivity index (χ0v) is 16.2. The Morgan fingerprint density at radius 3 is 2.56 bits per heavy atom. The fourth-order valence-electron chi connectivity index (χ4n) is 3.13. The van der Waals surface area contributed by atoms with Gasteiger partial charge in [-0.15, -0.1) is 0 Å². The van der Waals surface area contributed by atoms with Gasteiger partial charge in [0.25, 0.3) is 0 Å². The number of ether oxygens (including phenoxy) is 3. The predicted molar refractivity (Wildman–Crippen MR) is 104 cm³/mol. The van der Waals surface area contributed by atoms with Gasteiger partial charge in [0.05, 0.1) is 19.8 Å². The van der Waals surface area contributed by atoms with Crippen molar-refractivity contribution < 1.29 is 18.6 Å². The molecule has 2 aromatic carbocycles. The number of hydrogen-bond donors (Lipinski definition) is 1. The highest BCUT2D eigenvalue weighted by molar-refractivity contribution is 5.43. The summed E-state index contributed by atoms with van der Waals surface area (Å²) in [6.45, 7) is 3.36. The van der Waals surface area contributed by atoms with E-state index in [0.717, 1.165) is 23.7 Å². The van der Waals surface area contributed by atoms with Gasteiger partial charge < -0.3 is 19.5 Å². The molecular weight excluding hydrogens is 345 g/mol. The lowest BCUT2D eigenvalue weighted by atomic mass is 10.0. The summed E-state index contributed by atoms with van der Waals surface area (Å²) in [5.41, 5.74) is 1.64. The van der Waals surface area contributed by atoms with Crippen LogP contribution >= 0.6 is 0 Å². The topological polar surface area (TPSA) is 39.7 Å². The Kier molecular flexibility index (Phi) is 6.69. The molecule has 1 fully saturated rings. The third-order valence-electron chi connectivity index (χ3n) is 4.95. The van der Waals surface area contributed by atoms with Crippen molar-refractivity contribution in [3.63, 3.8) is 0 Å². The van der Waals surface area contributed by atoms with Crippen LogP contribution in [0.2, 0.25) is 0 Å². The van der Waals surface area contributed by atoms with Crippen LogP contribution in [0.15, 0.2) is 42.5 Å². The Hall–Kier alpha value is -2.11. The fourth-order valence-corrected chi connectivity index (χ4v) is 3.13. The second-order valence-corrected chi connectivity index (χ2v) is 7.09. The smallest absolute Gasteiger partial charge is 0.161 e. The number of halogens is 1. The lowest BCUT2D eigenvalue weighted by Crippen LogP contribution is -2.33. The largest absolute Gasteiger partial charge is 0.493 e. The van der Waals surface area contributed by atoms with Gasteiger partial charge in [0.2, 0.25) is 0 Å². The van der Waals surface area contributed by atoms with Crippen molar-refractivity contribution in [1.29, 1.82) is 0 Å². The van der Waals surface area contributed by atoms with E-state index in [1.54, 1.807) is 26.4 Å². The maximum atomic E-state index is 14.1. The van der Waals surface area contributed by atoms with E-state index in [0.29, 0.717) is 18.0 Å². The predicted octanol–water partition coefficient (Wildman–Crippen LogP) is 4.49. The molecule has 0 radical (unpaired) electrons. The molecule has 0 heterocycles. The third-order valence-corrected chi connectivity index (χ3v) is 4.95. The summed E-state index contributed by atoms with van der Waals surface area (Å²) < 4.78 is 31.0. The first-order valence-electron chi connectivity index (χ1n) is 9.42. The highest BCUT2D eigenvalue weighted by Gasteiger charge is 2.23. The molecule has 1 saturated carbocycles. The van der Waals surface area contributed by atoms with Crippen molar-refractivity contribution in [2.45, 2.75) is 38.5 Å². The van der Waals surface area contributed by atoms with Crippen molar-refractivity contribution in [3.8, 4) is 11.5 Å². The van der Waals surface area contributed by atoms with Gasteiger partial charge in [-0.1, -0.05) is 24.3 Å². The van der Waals surface area contributed by atoms with Crippen LogP contribution in [0, 0.1) is 11.7 Å². The Balaban J connectivity index is 1.64. The minimum atomic E-state index is -0.366. The van der Waals surface area contributed by atoms with Crippen LogP contribution in [0.25, 0.3) is 0 Å². The molecule has 0 aliphatic heterocycles. The summed E-state index contributed by atoms with van der Waals surface area (Å²) in [7, 11) is 3.25. The molecule has 27 heavy (non-hydrogen) atoms. The molecule has 0 bridgehead atoms. The lowest BCUT2D eigenvalue weighted by molar-refractivity contribution is 0.0700. The Bertz CT molecular complexity index is 748. The first kappa shape index (κ1) is 19.6. The van der Waals surface area contributed by atoms with E-state index in [1.165, 1.54) is 18.9 Å². The Morgan fingerprint density at radius 1 is 1.11 bits per heavy atom. The Morgan fingerprint density at radius 2 is 1.89 bits per heavy atom. The summed E-state index contributed by atoms with van der Waals surface area (Å²) in [4.78, 5) is 0. The van der Waals surface area contributed by atoms with E-state index in [1.807, 2.05) is 31.2 Å². The van der Waals surface area contributed by atoms with Gasteiger partial charge in [0.15, 0.2) is 11.5 Å². The van der Waals surface area contributed by atoms with Crippen LogP contribution < -0.4 is 14.8 Å². The summed E-state index contributed by atoms with van der Waals surface area (Å²) in [5, 5.41) is 3.43. The van der Waals surface area contributed by atoms with Crippen LogP contribution in [0.3, 0.4) is 0 Å². The van der Waals surface area contributed by atoms with E-state index in [2.05, 4.69) is 5.32 Å². The second kappa shape index (κ2) is 9.20. The molecule has 1 aliphatic rings. The van der Waals surface area contributed by atoms with E-state index in [4.69, 9.17) is 14.2 Å². The molecule has 2 atom stereocenters. The summed E-state index contributed by atoms with van der Waals surface area (Å²) in [5.74, 6) is 1.94. The molecule has 0 spiro atoms. The summed E-state index contributed by atoms with van der Waals surface area (Å²) in [6.07, 6.45) is 2.13. The number of benzene rings is 2. The van der Waals surface area contributed by atoms with Gasteiger partial charge in [-0.2, -0.15) is 0 Å². The van der Waals surface area contributed by atoms with Gasteiger partial charge >= 0.3 is 0 Å². The van der Waals surface area contributed by atoms with Crippen molar-refractivity contribution >= 4 is 0 Å². The van der Waals surface area contributed by atoms with Gasteiger partial charge in [0, 0.05) is 25.3 Å². The molecule has 0 amide bonds. The standard InChI is InChI=1S/C22H28FNO3/c1-15(22(26-3)18-6-4-5-7-19(18)23)24-13-17-10-11-20(25-2)21(12-17)27-14-16-8-9-16/h4-7,10-12,15-16,22,24H,8-9,13-14H2,1-3H3. The van der Waals surface area contributed by atoms with Crippen LogP contribution in [0.4, 0.5) is 4.39 Å². The fraction of sp³-hybridized carbons (Fsp3) is 0.455.